The molecule has 32 heavy (non-hydrogen) atoms. The summed E-state index contributed by atoms with van der Waals surface area (Å²) in [6, 6.07) is 4.95. The summed E-state index contributed by atoms with van der Waals surface area (Å²) in [6.45, 7) is 4.43. The number of esters is 1. The maximum absolute atomic E-state index is 12.9. The van der Waals surface area contributed by atoms with Gasteiger partial charge in [-0.15, -0.1) is 0 Å². The summed E-state index contributed by atoms with van der Waals surface area (Å²) in [4.78, 5) is 28.0. The molecule has 176 valence electrons. The molecule has 1 fully saturated rings. The Kier molecular flexibility index (Phi) is 8.51. The van der Waals surface area contributed by atoms with Crippen molar-refractivity contribution in [3.63, 3.8) is 0 Å². The molecule has 1 aromatic heterocycles. The number of hydrogen-bond donors (Lipinski definition) is 1. The van der Waals surface area contributed by atoms with Crippen molar-refractivity contribution in [3.8, 4) is 0 Å². The van der Waals surface area contributed by atoms with E-state index in [0.717, 1.165) is 5.52 Å². The largest absolute Gasteiger partial charge is 0.469 e. The van der Waals surface area contributed by atoms with Crippen LogP contribution in [0.3, 0.4) is 0 Å². The summed E-state index contributed by atoms with van der Waals surface area (Å²) in [5.74, 6) is -0.300. The zero-order valence-electron chi connectivity index (χ0n) is 18.2. The van der Waals surface area contributed by atoms with E-state index < -0.39 is 10.0 Å². The highest BCUT2D eigenvalue weighted by Gasteiger charge is 2.27. The van der Waals surface area contributed by atoms with Gasteiger partial charge in [0.05, 0.1) is 42.0 Å². The number of sulfonamides is 1. The molecule has 0 atom stereocenters. The molecule has 0 unspecified atom stereocenters. The first-order valence-corrected chi connectivity index (χ1v) is 12.8. The molecule has 10 nitrogen and oxygen atoms in total. The molecule has 1 aromatic carbocycles. The summed E-state index contributed by atoms with van der Waals surface area (Å²) in [7, 11) is -2.28. The van der Waals surface area contributed by atoms with Gasteiger partial charge in [0.15, 0.2) is 5.16 Å². The fraction of sp³-hybridized carbons (Fsp3) is 0.550. The molecule has 1 saturated heterocycles. The molecule has 1 aliphatic rings. The Balaban J connectivity index is 1.67. The van der Waals surface area contributed by atoms with E-state index >= 15 is 0 Å². The number of aromatic nitrogens is 2. The number of fused-ring (bicyclic) bond motifs is 1. The third-order valence-corrected chi connectivity index (χ3v) is 7.92. The minimum Gasteiger partial charge on any atom is -0.469 e. The van der Waals surface area contributed by atoms with Crippen molar-refractivity contribution in [2.75, 3.05) is 45.7 Å². The second-order valence-electron chi connectivity index (χ2n) is 7.12. The number of ether oxygens (including phenoxy) is 2. The molecule has 3 rings (SSSR count). The minimum atomic E-state index is -3.61. The van der Waals surface area contributed by atoms with Crippen LogP contribution in [0.15, 0.2) is 28.3 Å². The van der Waals surface area contributed by atoms with E-state index in [1.54, 1.807) is 18.2 Å². The van der Waals surface area contributed by atoms with Crippen molar-refractivity contribution in [1.82, 2.24) is 19.2 Å². The van der Waals surface area contributed by atoms with Gasteiger partial charge in [0.25, 0.3) is 0 Å². The third kappa shape index (κ3) is 5.80. The summed E-state index contributed by atoms with van der Waals surface area (Å²) in [5, 5.41) is 3.42. The Morgan fingerprint density at radius 1 is 1.28 bits per heavy atom. The average molecular weight is 485 g/mol. The molecule has 2 aromatic rings. The number of morpholine rings is 1. The molecule has 0 bridgehead atoms. The zero-order valence-corrected chi connectivity index (χ0v) is 19.8. The highest BCUT2D eigenvalue weighted by atomic mass is 32.2. The van der Waals surface area contributed by atoms with Crippen molar-refractivity contribution in [2.45, 2.75) is 36.4 Å². The van der Waals surface area contributed by atoms with E-state index in [0.29, 0.717) is 56.5 Å². The SMILES string of the molecule is CCn1c(SCC(=O)NCCCC(=O)OC)nc2cc(S(=O)(=O)N3CCOCC3)ccc21. The van der Waals surface area contributed by atoms with Crippen LogP contribution >= 0.6 is 11.8 Å². The molecule has 0 radical (unpaired) electrons. The van der Waals surface area contributed by atoms with Crippen molar-refractivity contribution in [1.29, 1.82) is 0 Å². The lowest BCUT2D eigenvalue weighted by atomic mass is 10.3. The molecular weight excluding hydrogens is 456 g/mol. The molecule has 0 saturated carbocycles. The predicted octanol–water partition coefficient (Wildman–Crippen LogP) is 1.24. The van der Waals surface area contributed by atoms with E-state index in [1.165, 1.54) is 23.2 Å². The lowest BCUT2D eigenvalue weighted by Gasteiger charge is -2.26. The Bertz CT molecular complexity index is 1060. The number of amides is 1. The van der Waals surface area contributed by atoms with Gasteiger partial charge in [-0.3, -0.25) is 9.59 Å². The standard InChI is InChI=1S/C20H28N4O6S2/c1-3-24-17-7-6-15(32(27,28)23-9-11-30-12-10-23)13-16(17)22-20(24)31-14-18(25)21-8-4-5-19(26)29-2/h6-7,13H,3-5,8-12,14H2,1-2H3,(H,21,25). The molecule has 0 aliphatic carbocycles. The maximum Gasteiger partial charge on any atom is 0.305 e. The van der Waals surface area contributed by atoms with Crippen molar-refractivity contribution < 1.29 is 27.5 Å². The molecular formula is C20H28N4O6S2. The first-order valence-electron chi connectivity index (χ1n) is 10.4. The number of aryl methyl sites for hydroxylation is 1. The first-order chi connectivity index (χ1) is 15.4. The Morgan fingerprint density at radius 3 is 2.72 bits per heavy atom. The van der Waals surface area contributed by atoms with Gasteiger partial charge in [0.2, 0.25) is 15.9 Å². The quantitative estimate of drug-likeness (QED) is 0.304. The number of imidazole rings is 1. The summed E-state index contributed by atoms with van der Waals surface area (Å²) in [6.07, 6.45) is 0.766. The number of nitrogens with zero attached hydrogens (tertiary/aromatic N) is 3. The van der Waals surface area contributed by atoms with Crippen LogP contribution < -0.4 is 5.32 Å². The number of carbonyl (C=O) groups is 2. The van der Waals surface area contributed by atoms with E-state index in [1.807, 2.05) is 11.5 Å². The Morgan fingerprint density at radius 2 is 2.03 bits per heavy atom. The van der Waals surface area contributed by atoms with E-state index in [9.17, 15) is 18.0 Å². The van der Waals surface area contributed by atoms with Gasteiger partial charge >= 0.3 is 5.97 Å². The summed E-state index contributed by atoms with van der Waals surface area (Å²) >= 11 is 1.29. The van der Waals surface area contributed by atoms with E-state index in [-0.39, 0.29) is 28.9 Å². The van der Waals surface area contributed by atoms with Gasteiger partial charge in [0, 0.05) is 32.6 Å². The molecule has 1 aliphatic heterocycles. The average Bonchev–Trinajstić information content (AvgIpc) is 3.17. The Hall–Kier alpha value is -2.15. The van der Waals surface area contributed by atoms with Crippen LogP contribution in [0.2, 0.25) is 0 Å². The topological polar surface area (TPSA) is 120 Å². The molecule has 1 amide bonds. The van der Waals surface area contributed by atoms with Gasteiger partial charge in [-0.1, -0.05) is 11.8 Å². The number of hydrogen-bond acceptors (Lipinski definition) is 8. The third-order valence-electron chi connectivity index (χ3n) is 5.05. The van der Waals surface area contributed by atoms with Crippen LogP contribution in [0.5, 0.6) is 0 Å². The summed E-state index contributed by atoms with van der Waals surface area (Å²) in [5.41, 5.74) is 1.39. The lowest BCUT2D eigenvalue weighted by Crippen LogP contribution is -2.40. The number of rotatable bonds is 10. The molecule has 2 heterocycles. The fourth-order valence-electron chi connectivity index (χ4n) is 3.34. The van der Waals surface area contributed by atoms with Gasteiger partial charge < -0.3 is 19.4 Å². The van der Waals surface area contributed by atoms with Crippen molar-refractivity contribution in [3.05, 3.63) is 18.2 Å². The molecule has 1 N–H and O–H groups in total. The Labute approximate surface area is 191 Å². The second-order valence-corrected chi connectivity index (χ2v) is 10.0. The smallest absolute Gasteiger partial charge is 0.305 e. The molecule has 12 heteroatoms. The highest BCUT2D eigenvalue weighted by molar-refractivity contribution is 7.99. The van der Waals surface area contributed by atoms with Crippen LogP contribution in [0.4, 0.5) is 0 Å². The fourth-order valence-corrected chi connectivity index (χ4v) is 5.68. The number of methoxy groups -OCH3 is 1. The number of benzene rings is 1. The number of nitrogens with one attached hydrogen (secondary N) is 1. The highest BCUT2D eigenvalue weighted by Crippen LogP contribution is 2.27. The van der Waals surface area contributed by atoms with Crippen molar-refractivity contribution >= 4 is 44.7 Å². The normalized spacial score (nSPS) is 15.1. The van der Waals surface area contributed by atoms with Gasteiger partial charge in [0.1, 0.15) is 0 Å². The second kappa shape index (κ2) is 11.1. The van der Waals surface area contributed by atoms with Gasteiger partial charge in [-0.05, 0) is 31.5 Å². The maximum atomic E-state index is 12.9. The summed E-state index contributed by atoms with van der Waals surface area (Å²) < 4.78 is 39.1. The van der Waals surface area contributed by atoms with Crippen LogP contribution in [0.25, 0.3) is 11.0 Å². The van der Waals surface area contributed by atoms with E-state index in [4.69, 9.17) is 4.74 Å². The minimum absolute atomic E-state index is 0.162. The van der Waals surface area contributed by atoms with Crippen LogP contribution in [-0.2, 0) is 35.6 Å². The van der Waals surface area contributed by atoms with Crippen LogP contribution in [0, 0.1) is 0 Å². The zero-order chi connectivity index (χ0) is 23.1. The lowest BCUT2D eigenvalue weighted by molar-refractivity contribution is -0.140. The molecule has 0 spiro atoms. The van der Waals surface area contributed by atoms with Crippen LogP contribution in [0.1, 0.15) is 19.8 Å². The first kappa shape index (κ1) is 24.5. The number of carbonyl (C=O) groups excluding carboxylic acids is 2. The van der Waals surface area contributed by atoms with Crippen molar-refractivity contribution in [2.24, 2.45) is 0 Å². The monoisotopic (exact) mass is 484 g/mol. The predicted molar refractivity (Wildman–Crippen MR) is 120 cm³/mol. The van der Waals surface area contributed by atoms with Gasteiger partial charge in [-0.2, -0.15) is 4.31 Å². The number of thioether (sulfide) groups is 1. The van der Waals surface area contributed by atoms with E-state index in [2.05, 4.69) is 15.0 Å². The van der Waals surface area contributed by atoms with Gasteiger partial charge in [-0.25, -0.2) is 13.4 Å². The van der Waals surface area contributed by atoms with Crippen LogP contribution in [-0.4, -0.2) is 79.9 Å².